The molecule has 2 heteroatoms. The van der Waals surface area contributed by atoms with Crippen molar-refractivity contribution in [2.24, 2.45) is 5.41 Å². The molecule has 0 amide bonds. The first-order chi connectivity index (χ1) is 8.95. The molecule has 2 nitrogen and oxygen atoms in total. The number of hydrogen-bond donors (Lipinski definition) is 0. The van der Waals surface area contributed by atoms with E-state index in [9.17, 15) is 0 Å². The molecule has 2 rings (SSSR count). The van der Waals surface area contributed by atoms with Crippen molar-refractivity contribution in [2.75, 3.05) is 18.0 Å². The first-order valence-electron chi connectivity index (χ1n) is 7.22. The molecule has 0 bridgehead atoms. The van der Waals surface area contributed by atoms with Gasteiger partial charge in [0.25, 0.3) is 0 Å². The van der Waals surface area contributed by atoms with Crippen LogP contribution in [-0.2, 0) is 6.42 Å². The van der Waals surface area contributed by atoms with Crippen LogP contribution < -0.4 is 9.64 Å². The minimum atomic E-state index is 0.0723. The molecule has 104 valence electrons. The highest BCUT2D eigenvalue weighted by atomic mass is 16.5. The average Bonchev–Trinajstić information content (AvgIpc) is 2.38. The minimum Gasteiger partial charge on any atom is -0.461 e. The molecule has 1 aliphatic heterocycles. The summed E-state index contributed by atoms with van der Waals surface area (Å²) in [5.74, 6) is 2.11. The van der Waals surface area contributed by atoms with Gasteiger partial charge in [-0.1, -0.05) is 26.8 Å². The van der Waals surface area contributed by atoms with E-state index >= 15 is 0 Å². The summed E-state index contributed by atoms with van der Waals surface area (Å²) in [4.78, 5) is 2.35. The number of ether oxygens (including phenoxy) is 1. The lowest BCUT2D eigenvalue weighted by Gasteiger charge is -2.29. The number of nitrogens with zero attached hydrogens (tertiary/aromatic N) is 1. The molecular formula is C17H25NO. The maximum atomic E-state index is 6.11. The molecule has 0 aliphatic carbocycles. The minimum absolute atomic E-state index is 0.0723. The Balaban J connectivity index is 2.28. The summed E-state index contributed by atoms with van der Waals surface area (Å²) in [5.41, 5.74) is 2.60. The molecule has 0 aromatic heterocycles. The van der Waals surface area contributed by atoms with Gasteiger partial charge in [0.2, 0.25) is 0 Å². The van der Waals surface area contributed by atoms with Crippen molar-refractivity contribution in [1.29, 1.82) is 0 Å². The summed E-state index contributed by atoms with van der Waals surface area (Å²) in [5, 5.41) is 0. The summed E-state index contributed by atoms with van der Waals surface area (Å²) in [6.45, 7) is 13.0. The second-order valence-electron chi connectivity index (χ2n) is 6.09. The molecule has 0 radical (unpaired) electrons. The zero-order chi connectivity index (χ0) is 14.0. The lowest BCUT2D eigenvalue weighted by atomic mass is 9.91. The molecule has 1 aromatic rings. The predicted molar refractivity (Wildman–Crippen MR) is 81.9 cm³/mol. The number of fused-ring (bicyclic) bond motifs is 1. The Morgan fingerprint density at radius 1 is 1.16 bits per heavy atom. The van der Waals surface area contributed by atoms with Crippen LogP contribution in [0.5, 0.6) is 5.75 Å². The van der Waals surface area contributed by atoms with E-state index in [4.69, 9.17) is 4.74 Å². The molecule has 0 unspecified atom stereocenters. The van der Waals surface area contributed by atoms with E-state index < -0.39 is 0 Å². The Hall–Kier alpha value is -1.44. The van der Waals surface area contributed by atoms with Gasteiger partial charge in [-0.15, -0.1) is 0 Å². The van der Waals surface area contributed by atoms with Crippen LogP contribution in [0, 0.1) is 5.41 Å². The Morgan fingerprint density at radius 3 is 2.42 bits per heavy atom. The lowest BCUT2D eigenvalue weighted by Crippen LogP contribution is -2.22. The average molecular weight is 259 g/mol. The Labute approximate surface area is 117 Å². The standard InChI is InChI=1S/C17H25NO/c1-6-18(7-2)14-10-8-13-9-11-16(17(3,4)5)19-15(13)12-14/h8,10-12H,6-7,9H2,1-5H3. The van der Waals surface area contributed by atoms with Crippen molar-refractivity contribution in [1.82, 2.24) is 0 Å². The second-order valence-corrected chi connectivity index (χ2v) is 6.09. The van der Waals surface area contributed by atoms with Crippen molar-refractivity contribution in [3.8, 4) is 5.75 Å². The maximum absolute atomic E-state index is 6.11. The zero-order valence-corrected chi connectivity index (χ0v) is 12.8. The van der Waals surface area contributed by atoms with E-state index in [1.165, 1.54) is 11.3 Å². The fraction of sp³-hybridized carbons (Fsp3) is 0.529. The topological polar surface area (TPSA) is 12.5 Å². The van der Waals surface area contributed by atoms with Gasteiger partial charge in [0.05, 0.1) is 0 Å². The van der Waals surface area contributed by atoms with E-state index in [1.54, 1.807) is 0 Å². The van der Waals surface area contributed by atoms with Crippen molar-refractivity contribution in [3.05, 3.63) is 35.6 Å². The summed E-state index contributed by atoms with van der Waals surface area (Å²) < 4.78 is 6.11. The van der Waals surface area contributed by atoms with Crippen LogP contribution in [0.2, 0.25) is 0 Å². The van der Waals surface area contributed by atoms with Gasteiger partial charge < -0.3 is 9.64 Å². The van der Waals surface area contributed by atoms with Crippen molar-refractivity contribution < 1.29 is 4.74 Å². The Morgan fingerprint density at radius 2 is 1.84 bits per heavy atom. The largest absolute Gasteiger partial charge is 0.461 e. The molecular weight excluding hydrogens is 234 g/mol. The lowest BCUT2D eigenvalue weighted by molar-refractivity contribution is 0.284. The van der Waals surface area contributed by atoms with Gasteiger partial charge in [0, 0.05) is 30.3 Å². The van der Waals surface area contributed by atoms with Crippen LogP contribution in [0.3, 0.4) is 0 Å². The zero-order valence-electron chi connectivity index (χ0n) is 12.8. The van der Waals surface area contributed by atoms with E-state index in [2.05, 4.69) is 63.8 Å². The molecule has 19 heavy (non-hydrogen) atoms. The highest BCUT2D eigenvalue weighted by Crippen LogP contribution is 2.36. The molecule has 0 fully saturated rings. The highest BCUT2D eigenvalue weighted by molar-refractivity contribution is 5.55. The molecule has 1 heterocycles. The van der Waals surface area contributed by atoms with Crippen LogP contribution in [0.4, 0.5) is 5.69 Å². The number of allylic oxidation sites excluding steroid dienone is 2. The SMILES string of the molecule is CCN(CC)c1ccc2c(c1)OC(C(C)(C)C)=CC2. The van der Waals surface area contributed by atoms with Crippen LogP contribution in [0.15, 0.2) is 30.0 Å². The molecule has 1 aliphatic rings. The molecule has 0 spiro atoms. The highest BCUT2D eigenvalue weighted by Gasteiger charge is 2.23. The van der Waals surface area contributed by atoms with Gasteiger partial charge in [0.1, 0.15) is 11.5 Å². The first kappa shape index (κ1) is 14.0. The first-order valence-corrected chi connectivity index (χ1v) is 7.22. The summed E-state index contributed by atoms with van der Waals surface area (Å²) >= 11 is 0. The van der Waals surface area contributed by atoms with Crippen LogP contribution >= 0.6 is 0 Å². The smallest absolute Gasteiger partial charge is 0.132 e. The van der Waals surface area contributed by atoms with Crippen LogP contribution in [-0.4, -0.2) is 13.1 Å². The Kier molecular flexibility index (Phi) is 3.88. The third-order valence-corrected chi connectivity index (χ3v) is 3.65. The molecule has 0 saturated carbocycles. The van der Waals surface area contributed by atoms with Gasteiger partial charge >= 0.3 is 0 Å². The van der Waals surface area contributed by atoms with Gasteiger partial charge in [-0.05, 0) is 38.0 Å². The number of benzene rings is 1. The molecule has 0 atom stereocenters. The summed E-state index contributed by atoms with van der Waals surface area (Å²) in [7, 11) is 0. The van der Waals surface area contributed by atoms with Gasteiger partial charge in [-0.2, -0.15) is 0 Å². The third kappa shape index (κ3) is 2.94. The maximum Gasteiger partial charge on any atom is 0.132 e. The third-order valence-electron chi connectivity index (χ3n) is 3.65. The van der Waals surface area contributed by atoms with Crippen LogP contribution in [0.25, 0.3) is 0 Å². The van der Waals surface area contributed by atoms with Crippen molar-refractivity contribution >= 4 is 5.69 Å². The van der Waals surface area contributed by atoms with E-state index in [0.29, 0.717) is 0 Å². The number of rotatable bonds is 3. The normalized spacial score (nSPS) is 14.5. The monoisotopic (exact) mass is 259 g/mol. The molecule has 0 saturated heterocycles. The van der Waals surface area contributed by atoms with E-state index in [1.807, 2.05) is 0 Å². The van der Waals surface area contributed by atoms with Crippen LogP contribution in [0.1, 0.15) is 40.2 Å². The summed E-state index contributed by atoms with van der Waals surface area (Å²) in [6.07, 6.45) is 3.18. The molecule has 0 N–H and O–H groups in total. The fourth-order valence-corrected chi connectivity index (χ4v) is 2.41. The summed E-state index contributed by atoms with van der Waals surface area (Å²) in [6, 6.07) is 6.57. The number of hydrogen-bond acceptors (Lipinski definition) is 2. The predicted octanol–water partition coefficient (Wildman–Crippen LogP) is 4.40. The number of anilines is 1. The Bertz CT molecular complexity index is 479. The van der Waals surface area contributed by atoms with Crippen molar-refractivity contribution in [2.45, 2.75) is 41.0 Å². The second kappa shape index (κ2) is 5.28. The quantitative estimate of drug-likeness (QED) is 0.798. The van der Waals surface area contributed by atoms with Gasteiger partial charge in [-0.25, -0.2) is 0 Å². The fourth-order valence-electron chi connectivity index (χ4n) is 2.41. The van der Waals surface area contributed by atoms with E-state index in [0.717, 1.165) is 31.0 Å². The van der Waals surface area contributed by atoms with Gasteiger partial charge in [0.15, 0.2) is 0 Å². The van der Waals surface area contributed by atoms with Gasteiger partial charge in [-0.3, -0.25) is 0 Å². The van der Waals surface area contributed by atoms with Crippen molar-refractivity contribution in [3.63, 3.8) is 0 Å². The van der Waals surface area contributed by atoms with E-state index in [-0.39, 0.29) is 5.41 Å². The molecule has 1 aromatic carbocycles.